The molecule has 1 N–H and O–H groups in total. The molecule has 0 bridgehead atoms. The van der Waals surface area contributed by atoms with Gasteiger partial charge in [-0.15, -0.1) is 0 Å². The zero-order chi connectivity index (χ0) is 11.8. The first-order chi connectivity index (χ1) is 5.97. The van der Waals surface area contributed by atoms with Crippen molar-refractivity contribution in [2.24, 2.45) is 5.41 Å². The summed E-state index contributed by atoms with van der Waals surface area (Å²) in [6.45, 7) is 6.88. The minimum atomic E-state index is -3.40. The van der Waals surface area contributed by atoms with E-state index >= 15 is 0 Å². The van der Waals surface area contributed by atoms with Crippen LogP contribution < -0.4 is 0 Å². The highest BCUT2D eigenvalue weighted by molar-refractivity contribution is 9.28. The van der Waals surface area contributed by atoms with Gasteiger partial charge in [-0.2, -0.15) is 0 Å². The monoisotopic (exact) mass is 350 g/mol. The van der Waals surface area contributed by atoms with E-state index < -0.39 is 23.9 Å². The summed E-state index contributed by atoms with van der Waals surface area (Å²) in [7, 11) is -3.40. The lowest BCUT2D eigenvalue weighted by atomic mass is 9.90. The number of halogens is 2. The van der Waals surface area contributed by atoms with Gasteiger partial charge in [0.15, 0.2) is 9.84 Å². The maximum absolute atomic E-state index is 11.7. The van der Waals surface area contributed by atoms with Crippen LogP contribution in [-0.2, 0) is 9.84 Å². The van der Waals surface area contributed by atoms with Crippen LogP contribution >= 0.6 is 31.9 Å². The minimum Gasteiger partial charge on any atom is -0.389 e. The smallest absolute Gasteiger partial charge is 0.207 e. The van der Waals surface area contributed by atoms with E-state index in [2.05, 4.69) is 31.9 Å². The van der Waals surface area contributed by atoms with Gasteiger partial charge in [0, 0.05) is 5.75 Å². The third kappa shape index (κ3) is 2.93. The predicted molar refractivity (Wildman–Crippen MR) is 65.5 cm³/mol. The Morgan fingerprint density at radius 3 is 1.86 bits per heavy atom. The lowest BCUT2D eigenvalue weighted by Gasteiger charge is -2.35. The van der Waals surface area contributed by atoms with Crippen LogP contribution in [0, 0.1) is 5.41 Å². The van der Waals surface area contributed by atoms with Gasteiger partial charge in [-0.25, -0.2) is 8.42 Å². The average molecular weight is 352 g/mol. The molecule has 0 aliphatic heterocycles. The van der Waals surface area contributed by atoms with Crippen LogP contribution in [0.3, 0.4) is 0 Å². The molecular formula is C8H16Br2O3S. The summed E-state index contributed by atoms with van der Waals surface area (Å²) in [5.41, 5.74) is -0.519. The molecule has 6 heteroatoms. The normalized spacial score (nSPS) is 16.8. The fourth-order valence-corrected chi connectivity index (χ4v) is 4.69. The lowest BCUT2D eigenvalue weighted by Crippen LogP contribution is -2.46. The molecule has 0 amide bonds. The molecule has 0 fully saturated rings. The largest absolute Gasteiger partial charge is 0.389 e. The summed E-state index contributed by atoms with van der Waals surface area (Å²) in [5, 5.41) is 9.91. The Kier molecular flexibility index (Phi) is 4.67. The summed E-state index contributed by atoms with van der Waals surface area (Å²) in [6, 6.07) is 0. The molecule has 0 aromatic carbocycles. The second-order valence-corrected chi connectivity index (χ2v) is 11.3. The molecule has 0 aromatic heterocycles. The zero-order valence-electron chi connectivity index (χ0n) is 8.71. The van der Waals surface area contributed by atoms with E-state index in [1.54, 1.807) is 27.7 Å². The predicted octanol–water partition coefficient (Wildman–Crippen LogP) is 2.27. The lowest BCUT2D eigenvalue weighted by molar-refractivity contribution is 0.0721. The first-order valence-corrected chi connectivity index (χ1v) is 7.49. The van der Waals surface area contributed by atoms with Gasteiger partial charge in [0.25, 0.3) is 0 Å². The highest BCUT2D eigenvalue weighted by Crippen LogP contribution is 2.43. The number of hydrogen-bond donors (Lipinski definition) is 1. The Labute approximate surface area is 102 Å². The molecule has 0 aliphatic carbocycles. The van der Waals surface area contributed by atoms with Gasteiger partial charge in [0.2, 0.25) is 2.57 Å². The summed E-state index contributed by atoms with van der Waals surface area (Å²) in [6.07, 6.45) is -1.03. The van der Waals surface area contributed by atoms with Crippen molar-refractivity contribution in [3.8, 4) is 0 Å². The van der Waals surface area contributed by atoms with Crippen molar-refractivity contribution in [1.29, 1.82) is 0 Å². The van der Waals surface area contributed by atoms with Gasteiger partial charge < -0.3 is 5.11 Å². The van der Waals surface area contributed by atoms with Crippen molar-refractivity contribution < 1.29 is 13.5 Å². The zero-order valence-corrected chi connectivity index (χ0v) is 12.7. The van der Waals surface area contributed by atoms with Crippen molar-refractivity contribution in [1.82, 2.24) is 0 Å². The Morgan fingerprint density at radius 1 is 1.29 bits per heavy atom. The third-order valence-corrected chi connectivity index (χ3v) is 7.57. The molecule has 1 unspecified atom stereocenters. The summed E-state index contributed by atoms with van der Waals surface area (Å²) in [5.74, 6) is -0.0311. The number of alkyl halides is 2. The molecule has 0 heterocycles. The van der Waals surface area contributed by atoms with E-state index in [0.29, 0.717) is 0 Å². The molecule has 0 spiro atoms. The Balaban J connectivity index is 5.18. The van der Waals surface area contributed by atoms with Crippen molar-refractivity contribution in [3.05, 3.63) is 0 Å². The fourth-order valence-electron chi connectivity index (χ4n) is 0.867. The Hall–Kier alpha value is 0.870. The molecule has 0 saturated heterocycles. The third-order valence-electron chi connectivity index (χ3n) is 1.93. The summed E-state index contributed by atoms with van der Waals surface area (Å²) < 4.78 is 21.9. The molecule has 86 valence electrons. The van der Waals surface area contributed by atoms with E-state index in [-0.39, 0.29) is 5.75 Å². The quantitative estimate of drug-likeness (QED) is 0.793. The number of rotatable bonds is 3. The minimum absolute atomic E-state index is 0.0311. The van der Waals surface area contributed by atoms with Gasteiger partial charge in [-0.1, -0.05) is 59.6 Å². The Morgan fingerprint density at radius 2 is 1.64 bits per heavy atom. The summed E-state index contributed by atoms with van der Waals surface area (Å²) >= 11 is 6.09. The molecule has 1 atom stereocenters. The first-order valence-electron chi connectivity index (χ1n) is 4.25. The van der Waals surface area contributed by atoms with Crippen LogP contribution in [0.2, 0.25) is 0 Å². The second kappa shape index (κ2) is 4.39. The van der Waals surface area contributed by atoms with Crippen LogP contribution in [-0.4, -0.2) is 27.9 Å². The molecule has 0 aromatic rings. The van der Waals surface area contributed by atoms with Crippen molar-refractivity contribution in [2.75, 3.05) is 5.75 Å². The van der Waals surface area contributed by atoms with Crippen molar-refractivity contribution in [3.63, 3.8) is 0 Å². The molecular weight excluding hydrogens is 336 g/mol. The number of hydrogen-bond acceptors (Lipinski definition) is 3. The van der Waals surface area contributed by atoms with E-state index in [4.69, 9.17) is 0 Å². The molecule has 0 rings (SSSR count). The van der Waals surface area contributed by atoms with Gasteiger partial charge in [-0.3, -0.25) is 0 Å². The Bertz CT molecular complexity index is 290. The summed E-state index contributed by atoms with van der Waals surface area (Å²) in [4.78, 5) is 0. The maximum atomic E-state index is 11.7. The van der Waals surface area contributed by atoms with E-state index in [0.717, 1.165) is 0 Å². The molecule has 0 radical (unpaired) electrons. The van der Waals surface area contributed by atoms with Gasteiger partial charge >= 0.3 is 0 Å². The highest BCUT2D eigenvalue weighted by Gasteiger charge is 2.49. The highest BCUT2D eigenvalue weighted by atomic mass is 79.9. The van der Waals surface area contributed by atoms with Crippen LogP contribution in [0.15, 0.2) is 0 Å². The fraction of sp³-hybridized carbons (Fsp3) is 1.00. The number of aliphatic hydroxyl groups is 1. The van der Waals surface area contributed by atoms with Crippen LogP contribution in [0.5, 0.6) is 0 Å². The van der Waals surface area contributed by atoms with Gasteiger partial charge in [-0.05, 0) is 5.41 Å². The molecule has 14 heavy (non-hydrogen) atoms. The van der Waals surface area contributed by atoms with Gasteiger partial charge in [0.05, 0.1) is 6.10 Å². The van der Waals surface area contributed by atoms with E-state index in [1.807, 2.05) is 0 Å². The van der Waals surface area contributed by atoms with E-state index in [9.17, 15) is 13.5 Å². The maximum Gasteiger partial charge on any atom is 0.207 e. The van der Waals surface area contributed by atoms with E-state index in [1.165, 1.54) is 0 Å². The second-order valence-electron chi connectivity index (χ2n) is 4.23. The van der Waals surface area contributed by atoms with Crippen molar-refractivity contribution in [2.45, 2.75) is 36.4 Å². The number of sulfone groups is 1. The van der Waals surface area contributed by atoms with Crippen LogP contribution in [0.1, 0.15) is 27.7 Å². The van der Waals surface area contributed by atoms with Crippen LogP contribution in [0.25, 0.3) is 0 Å². The molecule has 0 saturated carbocycles. The SMILES string of the molecule is CCS(=O)(=O)C(Br)(Br)C(O)C(C)(C)C. The van der Waals surface area contributed by atoms with Gasteiger partial charge in [0.1, 0.15) is 0 Å². The van der Waals surface area contributed by atoms with Crippen LogP contribution in [0.4, 0.5) is 0 Å². The number of aliphatic hydroxyl groups excluding tert-OH is 1. The standard InChI is InChI=1S/C8H16Br2O3S/c1-5-14(12,13)8(9,10)6(11)7(2,3)4/h6,11H,5H2,1-4H3. The first kappa shape index (κ1) is 14.9. The van der Waals surface area contributed by atoms with Crippen molar-refractivity contribution >= 4 is 41.7 Å². The average Bonchev–Trinajstić information content (AvgIpc) is 2.01. The molecule has 0 aliphatic rings. The molecule has 3 nitrogen and oxygen atoms in total. The topological polar surface area (TPSA) is 54.4 Å².